The Morgan fingerprint density at radius 3 is 2.50 bits per heavy atom. The molecule has 0 saturated carbocycles. The zero-order valence-corrected chi connectivity index (χ0v) is 15.4. The van der Waals surface area contributed by atoms with Crippen LogP contribution in [0, 0.1) is 13.8 Å². The third kappa shape index (κ3) is 6.59. The number of benzene rings is 2. The smallest absolute Gasteiger partial charge is 0.251 e. The van der Waals surface area contributed by atoms with Gasteiger partial charge in [0, 0.05) is 25.1 Å². The number of carbonyl (C=O) groups is 2. The van der Waals surface area contributed by atoms with E-state index in [1.807, 2.05) is 56.3 Å². The van der Waals surface area contributed by atoms with Gasteiger partial charge in [0.25, 0.3) is 5.91 Å². The highest BCUT2D eigenvalue weighted by Gasteiger charge is 2.05. The van der Waals surface area contributed by atoms with Gasteiger partial charge in [0.1, 0.15) is 5.75 Å². The molecule has 0 atom stereocenters. The molecule has 0 heterocycles. The van der Waals surface area contributed by atoms with Crippen molar-refractivity contribution in [3.05, 3.63) is 65.2 Å². The van der Waals surface area contributed by atoms with Crippen molar-refractivity contribution in [3.63, 3.8) is 0 Å². The summed E-state index contributed by atoms with van der Waals surface area (Å²) >= 11 is 0. The third-order valence-corrected chi connectivity index (χ3v) is 3.91. The maximum atomic E-state index is 12.0. The summed E-state index contributed by atoms with van der Waals surface area (Å²) < 4.78 is 5.67. The van der Waals surface area contributed by atoms with E-state index in [4.69, 9.17) is 4.74 Å². The normalized spacial score (nSPS) is 10.2. The maximum Gasteiger partial charge on any atom is 0.251 e. The van der Waals surface area contributed by atoms with Crippen LogP contribution in [0.25, 0.3) is 0 Å². The molecule has 2 amide bonds. The lowest BCUT2D eigenvalue weighted by molar-refractivity contribution is -0.121. The minimum atomic E-state index is -0.130. The number of nitrogens with one attached hydrogen (secondary N) is 2. The fourth-order valence-corrected chi connectivity index (χ4v) is 2.49. The molecule has 0 fully saturated rings. The molecule has 2 N–H and O–H groups in total. The molecule has 0 aromatic heterocycles. The van der Waals surface area contributed by atoms with Crippen molar-refractivity contribution in [1.29, 1.82) is 0 Å². The monoisotopic (exact) mass is 354 g/mol. The van der Waals surface area contributed by atoms with Crippen LogP contribution in [0.2, 0.25) is 0 Å². The zero-order chi connectivity index (χ0) is 18.8. The van der Waals surface area contributed by atoms with Crippen molar-refractivity contribution >= 4 is 11.8 Å². The highest BCUT2D eigenvalue weighted by Crippen LogP contribution is 2.16. The second-order valence-corrected chi connectivity index (χ2v) is 6.19. The number of carbonyl (C=O) groups excluding carboxylic acids is 2. The Morgan fingerprint density at radius 1 is 0.962 bits per heavy atom. The Balaban J connectivity index is 1.56. The van der Waals surface area contributed by atoms with Crippen molar-refractivity contribution in [2.24, 2.45) is 0 Å². The molecule has 5 heteroatoms. The summed E-state index contributed by atoms with van der Waals surface area (Å²) in [6, 6.07) is 15.2. The average molecular weight is 354 g/mol. The van der Waals surface area contributed by atoms with Crippen molar-refractivity contribution < 1.29 is 14.3 Å². The quantitative estimate of drug-likeness (QED) is 0.680. The predicted molar refractivity (Wildman–Crippen MR) is 102 cm³/mol. The van der Waals surface area contributed by atoms with Crippen molar-refractivity contribution in [2.75, 3.05) is 19.7 Å². The average Bonchev–Trinajstić information content (AvgIpc) is 2.63. The second kappa shape index (κ2) is 10.2. The van der Waals surface area contributed by atoms with Crippen LogP contribution in [0.5, 0.6) is 5.75 Å². The Kier molecular flexibility index (Phi) is 7.68. The molecular formula is C21H26N2O3. The molecule has 5 nitrogen and oxygen atoms in total. The van der Waals surface area contributed by atoms with E-state index >= 15 is 0 Å². The summed E-state index contributed by atoms with van der Waals surface area (Å²) in [5, 5.41) is 5.60. The van der Waals surface area contributed by atoms with Crippen LogP contribution in [0.4, 0.5) is 0 Å². The summed E-state index contributed by atoms with van der Waals surface area (Å²) in [6.07, 6.45) is 1.05. The molecule has 0 saturated heterocycles. The molecule has 0 radical (unpaired) electrons. The van der Waals surface area contributed by atoms with Crippen LogP contribution in [0.3, 0.4) is 0 Å². The van der Waals surface area contributed by atoms with Gasteiger partial charge in [-0.3, -0.25) is 9.59 Å². The van der Waals surface area contributed by atoms with Crippen LogP contribution >= 0.6 is 0 Å². The lowest BCUT2D eigenvalue weighted by Gasteiger charge is -2.09. The first-order chi connectivity index (χ1) is 12.6. The summed E-state index contributed by atoms with van der Waals surface area (Å²) in [7, 11) is 0. The maximum absolute atomic E-state index is 12.0. The Hall–Kier alpha value is -2.82. The number of amides is 2. The topological polar surface area (TPSA) is 67.4 Å². The zero-order valence-electron chi connectivity index (χ0n) is 15.4. The van der Waals surface area contributed by atoms with Crippen LogP contribution in [0.1, 0.15) is 34.3 Å². The van der Waals surface area contributed by atoms with E-state index < -0.39 is 0 Å². The van der Waals surface area contributed by atoms with E-state index in [0.717, 1.165) is 16.9 Å². The molecule has 0 aliphatic heterocycles. The van der Waals surface area contributed by atoms with Crippen LogP contribution in [0.15, 0.2) is 48.5 Å². The van der Waals surface area contributed by atoms with Gasteiger partial charge in [0.05, 0.1) is 6.61 Å². The fraction of sp³-hybridized carbons (Fsp3) is 0.333. The molecule has 0 bridgehead atoms. The Morgan fingerprint density at radius 2 is 1.73 bits per heavy atom. The van der Waals surface area contributed by atoms with Crippen molar-refractivity contribution in [3.8, 4) is 5.75 Å². The third-order valence-electron chi connectivity index (χ3n) is 3.91. The standard InChI is InChI=1S/C21H26N2O3/c1-16-7-5-9-18(15-16)21(25)23-13-12-22-20(24)11-6-14-26-19-10-4-3-8-17(19)2/h3-5,7-10,15H,6,11-14H2,1-2H3,(H,22,24)(H,23,25). The Bertz CT molecular complexity index is 744. The molecule has 138 valence electrons. The highest BCUT2D eigenvalue weighted by atomic mass is 16.5. The molecule has 0 spiro atoms. The highest BCUT2D eigenvalue weighted by molar-refractivity contribution is 5.94. The molecular weight excluding hydrogens is 328 g/mol. The minimum Gasteiger partial charge on any atom is -0.493 e. The van der Waals surface area contributed by atoms with Gasteiger partial charge < -0.3 is 15.4 Å². The molecule has 0 aliphatic rings. The van der Waals surface area contributed by atoms with E-state index in [9.17, 15) is 9.59 Å². The van der Waals surface area contributed by atoms with Gasteiger partial charge in [-0.25, -0.2) is 0 Å². The summed E-state index contributed by atoms with van der Waals surface area (Å²) in [5.74, 6) is 0.685. The lowest BCUT2D eigenvalue weighted by Crippen LogP contribution is -2.34. The van der Waals surface area contributed by atoms with Gasteiger partial charge in [0.15, 0.2) is 0 Å². The van der Waals surface area contributed by atoms with Gasteiger partial charge in [-0.2, -0.15) is 0 Å². The lowest BCUT2D eigenvalue weighted by atomic mass is 10.1. The van der Waals surface area contributed by atoms with E-state index in [-0.39, 0.29) is 11.8 Å². The van der Waals surface area contributed by atoms with Gasteiger partial charge in [0.2, 0.25) is 5.91 Å². The number of hydrogen-bond acceptors (Lipinski definition) is 3. The predicted octanol–water partition coefficient (Wildman–Crippen LogP) is 3.01. The number of ether oxygens (including phenoxy) is 1. The van der Waals surface area contributed by atoms with Crippen LogP contribution < -0.4 is 15.4 Å². The van der Waals surface area contributed by atoms with Gasteiger partial charge in [-0.1, -0.05) is 35.9 Å². The van der Waals surface area contributed by atoms with Crippen molar-refractivity contribution in [1.82, 2.24) is 10.6 Å². The SMILES string of the molecule is Cc1cccc(C(=O)NCCNC(=O)CCCOc2ccccc2C)c1. The largest absolute Gasteiger partial charge is 0.493 e. The molecule has 0 unspecified atom stereocenters. The van der Waals surface area contributed by atoms with E-state index in [2.05, 4.69) is 10.6 Å². The van der Waals surface area contributed by atoms with E-state index in [0.29, 0.717) is 38.1 Å². The van der Waals surface area contributed by atoms with Crippen LogP contribution in [-0.2, 0) is 4.79 Å². The second-order valence-electron chi connectivity index (χ2n) is 6.19. The first-order valence-electron chi connectivity index (χ1n) is 8.86. The van der Waals surface area contributed by atoms with Gasteiger partial charge in [-0.15, -0.1) is 0 Å². The molecule has 2 aromatic carbocycles. The summed E-state index contributed by atoms with van der Waals surface area (Å²) in [4.78, 5) is 23.8. The number of aryl methyl sites for hydroxylation is 2. The first kappa shape index (κ1) is 19.5. The van der Waals surface area contributed by atoms with Crippen molar-refractivity contribution in [2.45, 2.75) is 26.7 Å². The summed E-state index contributed by atoms with van der Waals surface area (Å²) in [6.45, 7) is 5.25. The van der Waals surface area contributed by atoms with Crippen LogP contribution in [-0.4, -0.2) is 31.5 Å². The fourth-order valence-electron chi connectivity index (χ4n) is 2.49. The van der Waals surface area contributed by atoms with Gasteiger partial charge >= 0.3 is 0 Å². The molecule has 26 heavy (non-hydrogen) atoms. The number of para-hydroxylation sites is 1. The molecule has 2 aromatic rings. The minimum absolute atomic E-state index is 0.0387. The molecule has 0 aliphatic carbocycles. The van der Waals surface area contributed by atoms with E-state index in [1.54, 1.807) is 6.07 Å². The van der Waals surface area contributed by atoms with Gasteiger partial charge in [-0.05, 0) is 44.0 Å². The Labute approximate surface area is 154 Å². The van der Waals surface area contributed by atoms with E-state index in [1.165, 1.54) is 0 Å². The number of rotatable bonds is 9. The first-order valence-corrected chi connectivity index (χ1v) is 8.86. The number of hydrogen-bond donors (Lipinski definition) is 2. The summed E-state index contributed by atoms with van der Waals surface area (Å²) in [5.41, 5.74) is 2.75. The molecule has 2 rings (SSSR count).